The average molecular weight is 508 g/mol. The Balaban J connectivity index is 1.31. The molecule has 2 atom stereocenters. The van der Waals surface area contributed by atoms with Crippen LogP contribution < -0.4 is 14.8 Å². The van der Waals surface area contributed by atoms with Gasteiger partial charge in [-0.1, -0.05) is 42.5 Å². The molecule has 0 aliphatic carbocycles. The van der Waals surface area contributed by atoms with E-state index in [4.69, 9.17) is 9.47 Å². The first-order chi connectivity index (χ1) is 18.0. The summed E-state index contributed by atoms with van der Waals surface area (Å²) in [5, 5.41) is 13.5. The predicted octanol–water partition coefficient (Wildman–Crippen LogP) is 3.25. The average Bonchev–Trinajstić information content (AvgIpc) is 2.94. The number of rotatable bonds is 11. The summed E-state index contributed by atoms with van der Waals surface area (Å²) in [6.45, 7) is 3.78. The molecule has 196 valence electrons. The molecular formula is C29H34FN3O4. The van der Waals surface area contributed by atoms with Gasteiger partial charge in [-0.05, 0) is 47.5 Å². The molecule has 1 saturated heterocycles. The van der Waals surface area contributed by atoms with E-state index in [9.17, 15) is 14.3 Å². The van der Waals surface area contributed by atoms with Crippen LogP contribution in [0.3, 0.4) is 0 Å². The molecule has 8 heteroatoms. The maximum Gasteiger partial charge on any atom is 0.242 e. The van der Waals surface area contributed by atoms with Crippen molar-refractivity contribution in [3.8, 4) is 11.5 Å². The van der Waals surface area contributed by atoms with Crippen molar-refractivity contribution in [2.24, 2.45) is 0 Å². The number of methoxy groups -OCH3 is 1. The number of aliphatic hydroxyl groups excluding tert-OH is 1. The molecule has 0 spiro atoms. The van der Waals surface area contributed by atoms with E-state index < -0.39 is 12.1 Å². The van der Waals surface area contributed by atoms with Crippen molar-refractivity contribution >= 4 is 5.91 Å². The molecule has 0 aromatic heterocycles. The van der Waals surface area contributed by atoms with Crippen LogP contribution in [0, 0.1) is 5.82 Å². The van der Waals surface area contributed by atoms with E-state index in [1.165, 1.54) is 12.1 Å². The van der Waals surface area contributed by atoms with Crippen molar-refractivity contribution in [3.63, 3.8) is 0 Å². The number of nitrogens with one attached hydrogen (secondary N) is 1. The number of β-amino-alcohol motifs (C(OH)–C–C–N with tert-alkyl or cyclic N) is 1. The monoisotopic (exact) mass is 507 g/mol. The Labute approximate surface area is 217 Å². The lowest BCUT2D eigenvalue weighted by molar-refractivity contribution is -0.127. The van der Waals surface area contributed by atoms with E-state index in [0.29, 0.717) is 45.0 Å². The lowest BCUT2D eigenvalue weighted by atomic mass is 10.0. The second-order valence-electron chi connectivity index (χ2n) is 9.13. The normalized spacial score (nSPS) is 16.1. The van der Waals surface area contributed by atoms with Gasteiger partial charge in [-0.15, -0.1) is 0 Å². The van der Waals surface area contributed by atoms with Crippen LogP contribution in [0.4, 0.5) is 4.39 Å². The van der Waals surface area contributed by atoms with Crippen LogP contribution in [0.2, 0.25) is 0 Å². The topological polar surface area (TPSA) is 74.3 Å². The number of piperazine rings is 1. The summed E-state index contributed by atoms with van der Waals surface area (Å²) in [5.41, 5.74) is 1.78. The summed E-state index contributed by atoms with van der Waals surface area (Å²) in [6, 6.07) is 22.6. The summed E-state index contributed by atoms with van der Waals surface area (Å²) in [5.74, 6) is 0.978. The van der Waals surface area contributed by atoms with Gasteiger partial charge in [0, 0.05) is 39.3 Å². The SMILES string of the molecule is COc1ccc(OCC(O)CN2CCN(C(C(=O)NCc3ccccc3)c3ccc(F)cc3)CC2)cc1. The molecule has 1 aliphatic rings. The van der Waals surface area contributed by atoms with Gasteiger partial charge < -0.3 is 19.9 Å². The van der Waals surface area contributed by atoms with Gasteiger partial charge in [0.05, 0.1) is 7.11 Å². The Hall–Kier alpha value is -3.46. The molecule has 2 unspecified atom stereocenters. The number of amides is 1. The standard InChI is InChI=1S/C29H34FN3O4/c1-36-26-11-13-27(14-12-26)37-21-25(34)20-32-15-17-33(18-16-32)28(23-7-9-24(30)10-8-23)29(35)31-19-22-5-3-2-4-6-22/h2-14,25,28,34H,15-21H2,1H3,(H,31,35). The fraction of sp³-hybridized carbons (Fsp3) is 0.345. The van der Waals surface area contributed by atoms with Crippen LogP contribution in [0.1, 0.15) is 17.2 Å². The van der Waals surface area contributed by atoms with E-state index in [2.05, 4.69) is 15.1 Å². The number of hydrogen-bond acceptors (Lipinski definition) is 6. The molecule has 3 aromatic carbocycles. The second-order valence-corrected chi connectivity index (χ2v) is 9.13. The van der Waals surface area contributed by atoms with Gasteiger partial charge in [-0.2, -0.15) is 0 Å². The summed E-state index contributed by atoms with van der Waals surface area (Å²) >= 11 is 0. The Morgan fingerprint density at radius 3 is 2.24 bits per heavy atom. The van der Waals surface area contributed by atoms with Crippen molar-refractivity contribution in [2.45, 2.75) is 18.7 Å². The molecule has 4 rings (SSSR count). The first kappa shape index (κ1) is 26.6. The highest BCUT2D eigenvalue weighted by Gasteiger charge is 2.31. The number of carbonyl (C=O) groups excluding carboxylic acids is 1. The molecule has 0 saturated carbocycles. The fourth-order valence-electron chi connectivity index (χ4n) is 4.47. The number of carbonyl (C=O) groups is 1. The molecule has 0 radical (unpaired) electrons. The number of aliphatic hydroxyl groups is 1. The second kappa shape index (κ2) is 13.2. The van der Waals surface area contributed by atoms with Gasteiger partial charge in [-0.25, -0.2) is 4.39 Å². The number of nitrogens with zero attached hydrogens (tertiary/aromatic N) is 2. The third-order valence-electron chi connectivity index (χ3n) is 6.49. The molecule has 0 bridgehead atoms. The molecular weight excluding hydrogens is 473 g/mol. The smallest absolute Gasteiger partial charge is 0.242 e. The summed E-state index contributed by atoms with van der Waals surface area (Å²) in [7, 11) is 1.61. The van der Waals surface area contributed by atoms with Crippen LogP contribution in [-0.2, 0) is 11.3 Å². The third kappa shape index (κ3) is 7.76. The minimum atomic E-state index is -0.643. The van der Waals surface area contributed by atoms with Gasteiger partial charge in [0.2, 0.25) is 5.91 Å². The van der Waals surface area contributed by atoms with E-state index in [1.807, 2.05) is 54.6 Å². The molecule has 1 amide bonds. The van der Waals surface area contributed by atoms with Crippen LogP contribution in [0.15, 0.2) is 78.9 Å². The van der Waals surface area contributed by atoms with Crippen LogP contribution in [-0.4, -0.2) is 73.4 Å². The lowest BCUT2D eigenvalue weighted by Gasteiger charge is -2.39. The zero-order valence-corrected chi connectivity index (χ0v) is 21.1. The van der Waals surface area contributed by atoms with Crippen molar-refractivity contribution in [3.05, 3.63) is 95.8 Å². The first-order valence-corrected chi connectivity index (χ1v) is 12.5. The minimum absolute atomic E-state index is 0.114. The van der Waals surface area contributed by atoms with Crippen LogP contribution in [0.5, 0.6) is 11.5 Å². The Bertz CT molecular complexity index is 1100. The maximum atomic E-state index is 13.6. The highest BCUT2D eigenvalue weighted by molar-refractivity contribution is 5.83. The predicted molar refractivity (Wildman–Crippen MR) is 140 cm³/mol. The number of halogens is 1. The molecule has 7 nitrogen and oxygen atoms in total. The zero-order chi connectivity index (χ0) is 26.0. The van der Waals surface area contributed by atoms with Crippen LogP contribution >= 0.6 is 0 Å². The van der Waals surface area contributed by atoms with Crippen molar-refractivity contribution in [1.29, 1.82) is 0 Å². The van der Waals surface area contributed by atoms with Gasteiger partial charge in [0.1, 0.15) is 36.1 Å². The largest absolute Gasteiger partial charge is 0.497 e. The molecule has 1 fully saturated rings. The summed E-state index contributed by atoms with van der Waals surface area (Å²) < 4.78 is 24.4. The van der Waals surface area contributed by atoms with E-state index in [-0.39, 0.29) is 18.3 Å². The zero-order valence-electron chi connectivity index (χ0n) is 21.1. The lowest BCUT2D eigenvalue weighted by Crippen LogP contribution is -2.52. The molecule has 2 N–H and O–H groups in total. The van der Waals surface area contributed by atoms with Gasteiger partial charge in [0.25, 0.3) is 0 Å². The van der Waals surface area contributed by atoms with Gasteiger partial charge in [0.15, 0.2) is 0 Å². The summed E-state index contributed by atoms with van der Waals surface area (Å²) in [4.78, 5) is 17.6. The van der Waals surface area contributed by atoms with Crippen molar-refractivity contribution in [1.82, 2.24) is 15.1 Å². The fourth-order valence-corrected chi connectivity index (χ4v) is 4.47. The van der Waals surface area contributed by atoms with E-state index in [0.717, 1.165) is 16.9 Å². The molecule has 1 aliphatic heterocycles. The molecule has 37 heavy (non-hydrogen) atoms. The highest BCUT2D eigenvalue weighted by atomic mass is 19.1. The summed E-state index contributed by atoms with van der Waals surface area (Å²) in [6.07, 6.45) is -0.643. The van der Waals surface area contributed by atoms with Crippen molar-refractivity contribution in [2.75, 3.05) is 46.4 Å². The van der Waals surface area contributed by atoms with Crippen LogP contribution in [0.25, 0.3) is 0 Å². The first-order valence-electron chi connectivity index (χ1n) is 12.5. The van der Waals surface area contributed by atoms with Gasteiger partial charge in [-0.3, -0.25) is 14.6 Å². The quantitative estimate of drug-likeness (QED) is 0.415. The van der Waals surface area contributed by atoms with E-state index >= 15 is 0 Å². The molecule has 1 heterocycles. The number of benzene rings is 3. The van der Waals surface area contributed by atoms with Gasteiger partial charge >= 0.3 is 0 Å². The molecule has 3 aromatic rings. The highest BCUT2D eigenvalue weighted by Crippen LogP contribution is 2.24. The van der Waals surface area contributed by atoms with Crippen molar-refractivity contribution < 1.29 is 23.8 Å². The third-order valence-corrected chi connectivity index (χ3v) is 6.49. The Morgan fingerprint density at radius 1 is 0.946 bits per heavy atom. The number of hydrogen-bond donors (Lipinski definition) is 2. The number of ether oxygens (including phenoxy) is 2. The minimum Gasteiger partial charge on any atom is -0.497 e. The maximum absolute atomic E-state index is 13.6. The Morgan fingerprint density at radius 2 is 1.59 bits per heavy atom. The van der Waals surface area contributed by atoms with E-state index in [1.54, 1.807) is 19.2 Å². The Kier molecular flexibility index (Phi) is 9.48.